The van der Waals surface area contributed by atoms with E-state index >= 15 is 0 Å². The normalized spacial score (nSPS) is 10.4. The van der Waals surface area contributed by atoms with Crippen LogP contribution in [0.15, 0.2) is 40.9 Å². The van der Waals surface area contributed by atoms with Gasteiger partial charge in [-0.2, -0.15) is 0 Å². The van der Waals surface area contributed by atoms with Crippen molar-refractivity contribution in [2.24, 2.45) is 0 Å². The van der Waals surface area contributed by atoms with Gasteiger partial charge in [0.2, 0.25) is 0 Å². The standard InChI is InChI=1S/C13H8BrCl2FO/c14-9-2-3-10(16)13(6-9)18-12-4-1-8(7-15)5-11(12)17/h1-6H,7H2. The van der Waals surface area contributed by atoms with Crippen molar-refractivity contribution in [2.45, 2.75) is 5.88 Å². The van der Waals surface area contributed by atoms with Crippen LogP contribution < -0.4 is 4.74 Å². The Hall–Kier alpha value is -0.770. The Bertz CT molecular complexity index is 575. The first kappa shape index (κ1) is 13.7. The second-order valence-corrected chi connectivity index (χ2v) is 5.17. The summed E-state index contributed by atoms with van der Waals surface area (Å²) >= 11 is 14.9. The van der Waals surface area contributed by atoms with Gasteiger partial charge in [-0.15, -0.1) is 11.6 Å². The summed E-state index contributed by atoms with van der Waals surface area (Å²) in [7, 11) is 0. The molecule has 0 aliphatic rings. The number of alkyl halides is 1. The Labute approximate surface area is 123 Å². The first-order valence-electron chi connectivity index (χ1n) is 5.07. The molecule has 0 heterocycles. The van der Waals surface area contributed by atoms with Crippen LogP contribution in [-0.4, -0.2) is 0 Å². The van der Waals surface area contributed by atoms with E-state index in [-0.39, 0.29) is 11.6 Å². The molecule has 94 valence electrons. The Morgan fingerprint density at radius 2 is 1.89 bits per heavy atom. The van der Waals surface area contributed by atoms with Gasteiger partial charge in [0, 0.05) is 10.4 Å². The zero-order valence-corrected chi connectivity index (χ0v) is 12.2. The Morgan fingerprint density at radius 3 is 2.56 bits per heavy atom. The highest BCUT2D eigenvalue weighted by molar-refractivity contribution is 9.10. The van der Waals surface area contributed by atoms with Crippen LogP contribution in [-0.2, 0) is 5.88 Å². The lowest BCUT2D eigenvalue weighted by molar-refractivity contribution is 0.442. The maximum absolute atomic E-state index is 13.7. The number of hydrogen-bond acceptors (Lipinski definition) is 1. The fourth-order valence-corrected chi connectivity index (χ4v) is 2.05. The molecule has 2 aromatic carbocycles. The average Bonchev–Trinajstić information content (AvgIpc) is 2.36. The maximum atomic E-state index is 13.7. The van der Waals surface area contributed by atoms with Gasteiger partial charge in [-0.3, -0.25) is 0 Å². The van der Waals surface area contributed by atoms with E-state index in [0.717, 1.165) is 4.47 Å². The molecule has 1 nitrogen and oxygen atoms in total. The van der Waals surface area contributed by atoms with Crippen molar-refractivity contribution < 1.29 is 9.13 Å². The third kappa shape index (κ3) is 3.16. The number of hydrogen-bond donors (Lipinski definition) is 0. The van der Waals surface area contributed by atoms with E-state index < -0.39 is 5.82 Å². The summed E-state index contributed by atoms with van der Waals surface area (Å²) in [5.41, 5.74) is 0.696. The first-order chi connectivity index (χ1) is 8.60. The summed E-state index contributed by atoms with van der Waals surface area (Å²) in [6, 6.07) is 9.71. The van der Waals surface area contributed by atoms with Gasteiger partial charge in [0.25, 0.3) is 0 Å². The van der Waals surface area contributed by atoms with Crippen LogP contribution in [0.25, 0.3) is 0 Å². The van der Waals surface area contributed by atoms with Gasteiger partial charge in [-0.25, -0.2) is 4.39 Å². The molecule has 0 radical (unpaired) electrons. The Kier molecular flexibility index (Phi) is 4.49. The minimum absolute atomic E-state index is 0.115. The SMILES string of the molecule is Fc1cc(CCl)ccc1Oc1cc(Br)ccc1Cl. The van der Waals surface area contributed by atoms with Crippen molar-refractivity contribution in [3.05, 3.63) is 57.3 Å². The molecule has 2 rings (SSSR count). The molecule has 5 heteroatoms. The van der Waals surface area contributed by atoms with E-state index in [2.05, 4.69) is 15.9 Å². The van der Waals surface area contributed by atoms with Crippen LogP contribution in [0.2, 0.25) is 5.02 Å². The number of halogens is 4. The van der Waals surface area contributed by atoms with E-state index in [1.165, 1.54) is 12.1 Å². The molecule has 2 aromatic rings. The fourth-order valence-electron chi connectivity index (χ4n) is 1.38. The minimum atomic E-state index is -0.468. The van der Waals surface area contributed by atoms with Crippen molar-refractivity contribution in [3.8, 4) is 11.5 Å². The zero-order chi connectivity index (χ0) is 13.1. The molecule has 0 saturated heterocycles. The van der Waals surface area contributed by atoms with Crippen LogP contribution in [0.3, 0.4) is 0 Å². The largest absolute Gasteiger partial charge is 0.453 e. The second kappa shape index (κ2) is 5.91. The number of benzene rings is 2. The first-order valence-corrected chi connectivity index (χ1v) is 6.78. The fraction of sp³-hybridized carbons (Fsp3) is 0.0769. The minimum Gasteiger partial charge on any atom is -0.453 e. The smallest absolute Gasteiger partial charge is 0.166 e. The molecule has 0 aliphatic carbocycles. The molecule has 0 atom stereocenters. The summed E-state index contributed by atoms with van der Waals surface area (Å²) in [6.45, 7) is 0. The molecule has 18 heavy (non-hydrogen) atoms. The van der Waals surface area contributed by atoms with E-state index in [1.807, 2.05) is 0 Å². The summed E-state index contributed by atoms with van der Waals surface area (Å²) in [4.78, 5) is 0. The molecular formula is C13H8BrCl2FO. The topological polar surface area (TPSA) is 9.23 Å². The molecule has 0 bridgehead atoms. The number of rotatable bonds is 3. The maximum Gasteiger partial charge on any atom is 0.166 e. The molecule has 0 aromatic heterocycles. The van der Waals surface area contributed by atoms with Gasteiger partial charge in [-0.05, 0) is 35.9 Å². The van der Waals surface area contributed by atoms with Crippen LogP contribution in [0.4, 0.5) is 4.39 Å². The van der Waals surface area contributed by atoms with Gasteiger partial charge in [-0.1, -0.05) is 33.6 Å². The van der Waals surface area contributed by atoms with Crippen LogP contribution in [0, 0.1) is 5.82 Å². The summed E-state index contributed by atoms with van der Waals surface area (Å²) in [5, 5.41) is 0.416. The summed E-state index contributed by atoms with van der Waals surface area (Å²) in [5.74, 6) is 0.297. The molecule has 0 N–H and O–H groups in total. The third-order valence-electron chi connectivity index (χ3n) is 2.26. The molecule has 0 fully saturated rings. The van der Waals surface area contributed by atoms with Gasteiger partial charge in [0.15, 0.2) is 11.6 Å². The highest BCUT2D eigenvalue weighted by Gasteiger charge is 2.09. The average molecular weight is 350 g/mol. The van der Waals surface area contributed by atoms with E-state index in [9.17, 15) is 4.39 Å². The van der Waals surface area contributed by atoms with Gasteiger partial charge in [0.1, 0.15) is 5.75 Å². The monoisotopic (exact) mass is 348 g/mol. The van der Waals surface area contributed by atoms with Gasteiger partial charge < -0.3 is 4.74 Å². The molecular weight excluding hydrogens is 342 g/mol. The predicted octanol–water partition coefficient (Wildman–Crippen LogP) is 5.77. The molecule has 0 saturated carbocycles. The molecule has 0 amide bonds. The lowest BCUT2D eigenvalue weighted by Crippen LogP contribution is -1.91. The molecule has 0 spiro atoms. The van der Waals surface area contributed by atoms with E-state index in [4.69, 9.17) is 27.9 Å². The van der Waals surface area contributed by atoms with E-state index in [1.54, 1.807) is 24.3 Å². The van der Waals surface area contributed by atoms with E-state index in [0.29, 0.717) is 16.3 Å². The van der Waals surface area contributed by atoms with Gasteiger partial charge >= 0.3 is 0 Å². The van der Waals surface area contributed by atoms with Crippen molar-refractivity contribution in [3.63, 3.8) is 0 Å². The van der Waals surface area contributed by atoms with Crippen molar-refractivity contribution in [1.29, 1.82) is 0 Å². The van der Waals surface area contributed by atoms with Crippen molar-refractivity contribution >= 4 is 39.1 Å². The number of ether oxygens (including phenoxy) is 1. The highest BCUT2D eigenvalue weighted by atomic mass is 79.9. The Morgan fingerprint density at radius 1 is 1.11 bits per heavy atom. The van der Waals surface area contributed by atoms with Crippen molar-refractivity contribution in [1.82, 2.24) is 0 Å². The van der Waals surface area contributed by atoms with Crippen molar-refractivity contribution in [2.75, 3.05) is 0 Å². The quantitative estimate of drug-likeness (QED) is 0.639. The highest BCUT2D eigenvalue weighted by Crippen LogP contribution is 2.33. The third-order valence-corrected chi connectivity index (χ3v) is 3.38. The predicted molar refractivity (Wildman–Crippen MR) is 75.2 cm³/mol. The van der Waals surface area contributed by atoms with Crippen LogP contribution in [0.1, 0.15) is 5.56 Å². The zero-order valence-electron chi connectivity index (χ0n) is 9.09. The van der Waals surface area contributed by atoms with Crippen LogP contribution >= 0.6 is 39.1 Å². The Balaban J connectivity index is 2.31. The second-order valence-electron chi connectivity index (χ2n) is 3.58. The molecule has 0 aliphatic heterocycles. The summed E-state index contributed by atoms with van der Waals surface area (Å²) < 4.78 is 20.0. The lowest BCUT2D eigenvalue weighted by atomic mass is 10.2. The van der Waals surface area contributed by atoms with Gasteiger partial charge in [0.05, 0.1) is 5.02 Å². The van der Waals surface area contributed by atoms with Crippen LogP contribution in [0.5, 0.6) is 11.5 Å². The lowest BCUT2D eigenvalue weighted by Gasteiger charge is -2.09. The molecule has 0 unspecified atom stereocenters. The summed E-state index contributed by atoms with van der Waals surface area (Å²) in [6.07, 6.45) is 0.